The van der Waals surface area contributed by atoms with Gasteiger partial charge in [-0.05, 0) is 53.4 Å². The Balaban J connectivity index is 2.02. The molecule has 0 spiro atoms. The van der Waals surface area contributed by atoms with Crippen molar-refractivity contribution in [3.05, 3.63) is 47.0 Å². The van der Waals surface area contributed by atoms with E-state index in [0.29, 0.717) is 19.0 Å². The Labute approximate surface area is 148 Å². The third-order valence-electron chi connectivity index (χ3n) is 3.87. The van der Waals surface area contributed by atoms with Crippen LogP contribution in [0.2, 0.25) is 0 Å². The Morgan fingerprint density at radius 3 is 2.87 bits per heavy atom. The summed E-state index contributed by atoms with van der Waals surface area (Å²) in [5, 5.41) is 9.43. The van der Waals surface area contributed by atoms with E-state index in [0.717, 1.165) is 38.9 Å². The van der Waals surface area contributed by atoms with E-state index in [1.807, 2.05) is 31.2 Å². The summed E-state index contributed by atoms with van der Waals surface area (Å²) < 4.78 is 12.1. The highest BCUT2D eigenvalue weighted by Crippen LogP contribution is 2.36. The zero-order valence-electron chi connectivity index (χ0n) is 12.8. The largest absolute Gasteiger partial charge is 0.493 e. The van der Waals surface area contributed by atoms with Crippen LogP contribution < -0.4 is 9.47 Å². The van der Waals surface area contributed by atoms with Gasteiger partial charge in [0.05, 0.1) is 13.2 Å². The fraction of sp³-hybridized carbons (Fsp3) is 0.278. The second kappa shape index (κ2) is 6.78. The number of hydrogen-bond donors (Lipinski definition) is 1. The van der Waals surface area contributed by atoms with Crippen LogP contribution in [0.1, 0.15) is 21.5 Å². The molecule has 0 saturated heterocycles. The van der Waals surface area contributed by atoms with E-state index < -0.39 is 5.97 Å². The molecule has 0 unspecified atom stereocenters. The van der Waals surface area contributed by atoms with Crippen molar-refractivity contribution in [1.82, 2.24) is 0 Å². The first-order chi connectivity index (χ1) is 11.1. The number of fused-ring (bicyclic) bond motifs is 1. The molecule has 1 N–H and O–H groups in total. The van der Waals surface area contributed by atoms with Crippen molar-refractivity contribution in [3.63, 3.8) is 0 Å². The van der Waals surface area contributed by atoms with Crippen molar-refractivity contribution in [3.8, 4) is 22.6 Å². The maximum Gasteiger partial charge on any atom is 0.339 e. The number of aryl methyl sites for hydroxylation is 1. The van der Waals surface area contributed by atoms with Gasteiger partial charge in [0.2, 0.25) is 0 Å². The van der Waals surface area contributed by atoms with Crippen LogP contribution in [0, 0.1) is 6.92 Å². The van der Waals surface area contributed by atoms with E-state index in [4.69, 9.17) is 9.47 Å². The highest BCUT2D eigenvalue weighted by molar-refractivity contribution is 14.1. The number of benzene rings is 2. The lowest BCUT2D eigenvalue weighted by atomic mass is 9.95. The molecule has 23 heavy (non-hydrogen) atoms. The molecule has 0 radical (unpaired) electrons. The summed E-state index contributed by atoms with van der Waals surface area (Å²) in [6.07, 6.45) is 0.749. The molecule has 0 saturated carbocycles. The Hall–Kier alpha value is -1.76. The smallest absolute Gasteiger partial charge is 0.339 e. The average Bonchev–Trinajstić information content (AvgIpc) is 3.00. The standard InChI is InChI=1S/C18H17IO4/c1-11-8-14(22-7-5-19)2-3-15(11)13-9-12-4-6-23-17(12)16(10-13)18(20)21/h2-3,8-10H,4-7H2,1H3,(H,20,21). The molecule has 5 heteroatoms. The molecule has 0 atom stereocenters. The number of aromatic carboxylic acids is 1. The highest BCUT2D eigenvalue weighted by Gasteiger charge is 2.22. The van der Waals surface area contributed by atoms with Gasteiger partial charge < -0.3 is 14.6 Å². The minimum absolute atomic E-state index is 0.236. The Bertz CT molecular complexity index is 755. The molecular weight excluding hydrogens is 407 g/mol. The second-order valence-corrected chi connectivity index (χ2v) is 6.51. The summed E-state index contributed by atoms with van der Waals surface area (Å²) in [7, 11) is 0. The summed E-state index contributed by atoms with van der Waals surface area (Å²) in [6, 6.07) is 9.63. The van der Waals surface area contributed by atoms with Gasteiger partial charge in [-0.3, -0.25) is 0 Å². The van der Waals surface area contributed by atoms with Crippen molar-refractivity contribution in [2.45, 2.75) is 13.3 Å². The van der Waals surface area contributed by atoms with Gasteiger partial charge in [-0.15, -0.1) is 0 Å². The van der Waals surface area contributed by atoms with E-state index in [2.05, 4.69) is 22.6 Å². The summed E-state index contributed by atoms with van der Waals surface area (Å²) in [4.78, 5) is 11.5. The van der Waals surface area contributed by atoms with Gasteiger partial charge in [0, 0.05) is 10.8 Å². The van der Waals surface area contributed by atoms with Crippen LogP contribution in [0.4, 0.5) is 0 Å². The number of rotatable bonds is 5. The van der Waals surface area contributed by atoms with Crippen LogP contribution in [0.5, 0.6) is 11.5 Å². The van der Waals surface area contributed by atoms with Gasteiger partial charge in [-0.1, -0.05) is 28.7 Å². The van der Waals surface area contributed by atoms with Crippen LogP contribution in [0.25, 0.3) is 11.1 Å². The van der Waals surface area contributed by atoms with Crippen molar-refractivity contribution in [1.29, 1.82) is 0 Å². The molecule has 120 valence electrons. The predicted molar refractivity (Wildman–Crippen MR) is 97.2 cm³/mol. The first-order valence-electron chi connectivity index (χ1n) is 7.43. The van der Waals surface area contributed by atoms with Crippen molar-refractivity contribution in [2.75, 3.05) is 17.6 Å². The summed E-state index contributed by atoms with van der Waals surface area (Å²) in [5.41, 5.74) is 4.18. The molecule has 4 nitrogen and oxygen atoms in total. The second-order valence-electron chi connectivity index (χ2n) is 5.43. The molecule has 0 amide bonds. The quantitative estimate of drug-likeness (QED) is 0.580. The first kappa shape index (κ1) is 16.1. The molecule has 0 aliphatic carbocycles. The number of ether oxygens (including phenoxy) is 2. The fourth-order valence-electron chi connectivity index (χ4n) is 2.83. The zero-order valence-corrected chi connectivity index (χ0v) is 14.9. The number of alkyl halides is 1. The monoisotopic (exact) mass is 424 g/mol. The molecular formula is C18H17IO4. The third-order valence-corrected chi connectivity index (χ3v) is 4.31. The molecule has 0 bridgehead atoms. The van der Waals surface area contributed by atoms with Crippen molar-refractivity contribution in [2.24, 2.45) is 0 Å². The minimum atomic E-state index is -0.954. The molecule has 2 aromatic rings. The first-order valence-corrected chi connectivity index (χ1v) is 8.95. The van der Waals surface area contributed by atoms with E-state index in [-0.39, 0.29) is 5.56 Å². The highest BCUT2D eigenvalue weighted by atomic mass is 127. The van der Waals surface area contributed by atoms with Crippen molar-refractivity contribution >= 4 is 28.6 Å². The summed E-state index contributed by atoms with van der Waals surface area (Å²) >= 11 is 2.27. The van der Waals surface area contributed by atoms with Gasteiger partial charge in [-0.2, -0.15) is 0 Å². The minimum Gasteiger partial charge on any atom is -0.493 e. The molecule has 0 aromatic heterocycles. The van der Waals surface area contributed by atoms with Crippen LogP contribution in [0.15, 0.2) is 30.3 Å². The number of hydrogen-bond acceptors (Lipinski definition) is 3. The maximum absolute atomic E-state index is 11.5. The van der Waals surface area contributed by atoms with Gasteiger partial charge in [0.15, 0.2) is 0 Å². The van der Waals surface area contributed by atoms with E-state index in [1.165, 1.54) is 0 Å². The summed E-state index contributed by atoms with van der Waals surface area (Å²) in [6.45, 7) is 3.23. The SMILES string of the molecule is Cc1cc(OCCI)ccc1-c1cc2c(c(C(=O)O)c1)OCC2. The van der Waals surface area contributed by atoms with Crippen LogP contribution in [0.3, 0.4) is 0 Å². The summed E-state index contributed by atoms with van der Waals surface area (Å²) in [5.74, 6) is 0.399. The molecule has 1 aliphatic heterocycles. The normalized spacial score (nSPS) is 12.6. The number of halogens is 1. The molecule has 1 heterocycles. The van der Waals surface area contributed by atoms with Gasteiger partial charge in [-0.25, -0.2) is 4.79 Å². The Morgan fingerprint density at radius 1 is 1.35 bits per heavy atom. The third kappa shape index (κ3) is 3.29. The lowest BCUT2D eigenvalue weighted by Gasteiger charge is -2.12. The van der Waals surface area contributed by atoms with E-state index in [9.17, 15) is 9.90 Å². The zero-order chi connectivity index (χ0) is 16.4. The molecule has 0 fully saturated rings. The molecule has 2 aromatic carbocycles. The lowest BCUT2D eigenvalue weighted by molar-refractivity contribution is 0.0693. The number of carboxylic acid groups (broad SMARTS) is 1. The van der Waals surface area contributed by atoms with Gasteiger partial charge in [0.25, 0.3) is 0 Å². The van der Waals surface area contributed by atoms with Crippen LogP contribution in [-0.4, -0.2) is 28.7 Å². The van der Waals surface area contributed by atoms with Gasteiger partial charge in [0.1, 0.15) is 17.1 Å². The molecule has 1 aliphatic rings. The fourth-order valence-corrected chi connectivity index (χ4v) is 3.05. The Morgan fingerprint density at radius 2 is 2.17 bits per heavy atom. The lowest BCUT2D eigenvalue weighted by Crippen LogP contribution is -2.01. The topological polar surface area (TPSA) is 55.8 Å². The van der Waals surface area contributed by atoms with Crippen molar-refractivity contribution < 1.29 is 19.4 Å². The van der Waals surface area contributed by atoms with Gasteiger partial charge >= 0.3 is 5.97 Å². The number of carbonyl (C=O) groups is 1. The average molecular weight is 424 g/mol. The Kier molecular flexibility index (Phi) is 4.75. The van der Waals surface area contributed by atoms with Crippen LogP contribution in [-0.2, 0) is 6.42 Å². The number of carboxylic acids is 1. The predicted octanol–water partition coefficient (Wildman–Crippen LogP) is 4.11. The van der Waals surface area contributed by atoms with E-state index >= 15 is 0 Å². The molecule has 3 rings (SSSR count). The van der Waals surface area contributed by atoms with E-state index in [1.54, 1.807) is 6.07 Å². The maximum atomic E-state index is 11.5. The van der Waals surface area contributed by atoms with Crippen LogP contribution >= 0.6 is 22.6 Å².